The van der Waals surface area contributed by atoms with Crippen molar-refractivity contribution in [3.05, 3.63) is 195 Å². The number of aryl methyl sites for hydroxylation is 12. The molecule has 59 heavy (non-hydrogen) atoms. The summed E-state index contributed by atoms with van der Waals surface area (Å²) in [7, 11) is 0. The van der Waals surface area contributed by atoms with Crippen LogP contribution in [-0.4, -0.2) is 23.1 Å². The molecule has 0 unspecified atom stereocenters. The van der Waals surface area contributed by atoms with Crippen LogP contribution in [0.3, 0.4) is 0 Å². The first-order chi connectivity index (χ1) is 27.7. The number of benzene rings is 6. The van der Waals surface area contributed by atoms with Gasteiger partial charge in [0.15, 0.2) is 23.1 Å². The first-order valence-corrected chi connectivity index (χ1v) is 20.2. The van der Waals surface area contributed by atoms with Gasteiger partial charge >= 0.3 is 0 Å². The molecule has 6 aromatic carbocycles. The first kappa shape index (κ1) is 42.4. The molecular weight excluding hydrogens is 729 g/mol. The van der Waals surface area contributed by atoms with Crippen molar-refractivity contribution in [1.82, 2.24) is 0 Å². The Kier molecular flexibility index (Phi) is 11.7. The predicted molar refractivity (Wildman–Crippen MR) is 239 cm³/mol. The molecule has 0 radical (unpaired) electrons. The van der Waals surface area contributed by atoms with E-state index in [1.54, 1.807) is 38.1 Å². The summed E-state index contributed by atoms with van der Waals surface area (Å²) in [5.41, 5.74) is 15.1. The van der Waals surface area contributed by atoms with E-state index in [1.165, 1.54) is 0 Å². The van der Waals surface area contributed by atoms with E-state index in [0.29, 0.717) is 44.9 Å². The Labute approximate surface area is 349 Å². The van der Waals surface area contributed by atoms with Gasteiger partial charge in [0, 0.05) is 55.6 Å². The average Bonchev–Trinajstić information content (AvgIpc) is 3.11. The quantitative estimate of drug-likeness (QED) is 0.129. The molecular formula is C54H54O5. The zero-order valence-electron chi connectivity index (χ0n) is 37.0. The lowest BCUT2D eigenvalue weighted by Gasteiger charge is -2.21. The molecule has 0 atom stereocenters. The second-order valence-electron chi connectivity index (χ2n) is 16.7. The van der Waals surface area contributed by atoms with Crippen LogP contribution in [0.4, 0.5) is 0 Å². The number of carbonyl (C=O) groups excluding carboxylic acids is 4. The maximum atomic E-state index is 14.9. The molecule has 5 heteroatoms. The minimum absolute atomic E-state index is 0.238. The standard InChI is InChI=1S/C54H54O5/c1-27-19-31(5)45(32(6)20-27)51(55)41-15-17-43(39(13)49(41)53(57)47-35(9)23-29(3)24-36(47)10)59-44-18-16-42(52(56)46-33(7)21-28(2)22-34(46)8)50(40(44)14)54(58)48-37(11)25-30(4)26-38(48)12/h15-26H,1-14H3. The molecule has 0 N–H and O–H groups in total. The van der Waals surface area contributed by atoms with Gasteiger partial charge in [-0.3, -0.25) is 19.2 Å². The lowest BCUT2D eigenvalue weighted by molar-refractivity contribution is 0.100. The van der Waals surface area contributed by atoms with E-state index in [-0.39, 0.29) is 45.4 Å². The van der Waals surface area contributed by atoms with Crippen LogP contribution in [0.5, 0.6) is 11.5 Å². The Morgan fingerprint density at radius 1 is 0.305 bits per heavy atom. The summed E-state index contributed by atoms with van der Waals surface area (Å²) in [6, 6.07) is 22.7. The average molecular weight is 783 g/mol. The van der Waals surface area contributed by atoms with E-state index in [1.807, 2.05) is 132 Å². The van der Waals surface area contributed by atoms with Crippen LogP contribution in [0.25, 0.3) is 0 Å². The van der Waals surface area contributed by atoms with E-state index in [9.17, 15) is 19.2 Å². The van der Waals surface area contributed by atoms with Crippen molar-refractivity contribution >= 4 is 23.1 Å². The number of hydrogen-bond donors (Lipinski definition) is 0. The minimum atomic E-state index is -0.267. The SMILES string of the molecule is Cc1cc(C)c(C(=O)c2ccc(Oc3ccc(C(=O)c4c(C)cc(C)cc4C)c(C(=O)c4c(C)cc(C)cc4C)c3C)c(C)c2C(=O)c2c(C)cc(C)cc2C)c(C)c1. The highest BCUT2D eigenvalue weighted by Crippen LogP contribution is 2.38. The second kappa shape index (κ2) is 16.2. The summed E-state index contributed by atoms with van der Waals surface area (Å²) < 4.78 is 6.73. The number of hydrogen-bond acceptors (Lipinski definition) is 5. The van der Waals surface area contributed by atoms with Crippen molar-refractivity contribution in [1.29, 1.82) is 0 Å². The maximum absolute atomic E-state index is 14.9. The van der Waals surface area contributed by atoms with Crippen LogP contribution in [-0.2, 0) is 0 Å². The lowest BCUT2D eigenvalue weighted by atomic mass is 9.84. The summed E-state index contributed by atoms with van der Waals surface area (Å²) in [5, 5.41) is 0. The van der Waals surface area contributed by atoms with E-state index < -0.39 is 0 Å². The molecule has 0 aromatic heterocycles. The number of ketones is 4. The van der Waals surface area contributed by atoms with Crippen molar-refractivity contribution in [3.63, 3.8) is 0 Å². The molecule has 0 fully saturated rings. The summed E-state index contributed by atoms with van der Waals surface area (Å²) in [6.07, 6.45) is 0. The third-order valence-electron chi connectivity index (χ3n) is 11.6. The molecule has 0 amide bonds. The molecule has 5 nitrogen and oxygen atoms in total. The molecule has 6 rings (SSSR count). The van der Waals surface area contributed by atoms with E-state index in [4.69, 9.17) is 4.74 Å². The van der Waals surface area contributed by atoms with Crippen molar-refractivity contribution in [2.75, 3.05) is 0 Å². The Bertz CT molecular complexity index is 2510. The van der Waals surface area contributed by atoms with Crippen LogP contribution in [0.1, 0.15) is 142 Å². The van der Waals surface area contributed by atoms with Crippen molar-refractivity contribution in [2.45, 2.75) is 96.9 Å². The zero-order chi connectivity index (χ0) is 43.4. The summed E-state index contributed by atoms with van der Waals surface area (Å²) >= 11 is 0. The van der Waals surface area contributed by atoms with Crippen LogP contribution < -0.4 is 4.74 Å². The Morgan fingerprint density at radius 2 is 0.525 bits per heavy atom. The monoisotopic (exact) mass is 782 g/mol. The van der Waals surface area contributed by atoms with Gasteiger partial charge in [0.25, 0.3) is 0 Å². The fourth-order valence-electron chi connectivity index (χ4n) is 9.36. The highest BCUT2D eigenvalue weighted by Gasteiger charge is 2.30. The van der Waals surface area contributed by atoms with Crippen LogP contribution in [0.2, 0.25) is 0 Å². The van der Waals surface area contributed by atoms with E-state index in [0.717, 1.165) is 66.8 Å². The predicted octanol–water partition coefficient (Wildman–Crippen LogP) is 12.7. The number of carbonyl (C=O) groups is 4. The van der Waals surface area contributed by atoms with Gasteiger partial charge in [-0.25, -0.2) is 0 Å². The van der Waals surface area contributed by atoms with Gasteiger partial charge in [-0.2, -0.15) is 0 Å². The van der Waals surface area contributed by atoms with Gasteiger partial charge in [0.2, 0.25) is 0 Å². The molecule has 0 aliphatic carbocycles. The van der Waals surface area contributed by atoms with E-state index in [2.05, 4.69) is 0 Å². The fourth-order valence-corrected chi connectivity index (χ4v) is 9.36. The Morgan fingerprint density at radius 3 is 0.763 bits per heavy atom. The molecule has 6 aromatic rings. The summed E-state index contributed by atoms with van der Waals surface area (Å²) in [6.45, 7) is 26.9. The Balaban J connectivity index is 1.57. The van der Waals surface area contributed by atoms with E-state index >= 15 is 0 Å². The van der Waals surface area contributed by atoms with Crippen LogP contribution in [0.15, 0.2) is 72.8 Å². The zero-order valence-corrected chi connectivity index (χ0v) is 37.0. The third-order valence-corrected chi connectivity index (χ3v) is 11.6. The van der Waals surface area contributed by atoms with Crippen molar-refractivity contribution in [3.8, 4) is 11.5 Å². The second-order valence-corrected chi connectivity index (χ2v) is 16.7. The van der Waals surface area contributed by atoms with Gasteiger partial charge in [-0.1, -0.05) is 70.8 Å². The molecule has 0 bridgehead atoms. The van der Waals surface area contributed by atoms with Crippen molar-refractivity contribution in [2.24, 2.45) is 0 Å². The van der Waals surface area contributed by atoms with Gasteiger partial charge in [0.1, 0.15) is 11.5 Å². The third kappa shape index (κ3) is 7.87. The molecule has 0 heterocycles. The summed E-state index contributed by atoms with van der Waals surface area (Å²) in [5.74, 6) is -0.292. The molecule has 300 valence electrons. The largest absolute Gasteiger partial charge is 0.457 e. The van der Waals surface area contributed by atoms with Gasteiger partial charge in [-0.15, -0.1) is 0 Å². The van der Waals surface area contributed by atoms with Gasteiger partial charge < -0.3 is 4.74 Å². The van der Waals surface area contributed by atoms with Gasteiger partial charge in [0.05, 0.1) is 0 Å². The molecule has 0 saturated heterocycles. The molecule has 0 spiro atoms. The highest BCUT2D eigenvalue weighted by atomic mass is 16.5. The highest BCUT2D eigenvalue weighted by molar-refractivity contribution is 6.23. The van der Waals surface area contributed by atoms with Crippen LogP contribution in [0, 0.1) is 96.9 Å². The topological polar surface area (TPSA) is 77.5 Å². The number of rotatable bonds is 10. The van der Waals surface area contributed by atoms with Crippen LogP contribution >= 0.6 is 0 Å². The molecule has 0 aliphatic heterocycles. The smallest absolute Gasteiger partial charge is 0.194 e. The van der Waals surface area contributed by atoms with Crippen molar-refractivity contribution < 1.29 is 23.9 Å². The summed E-state index contributed by atoms with van der Waals surface area (Å²) in [4.78, 5) is 59.0. The molecule has 0 saturated carbocycles. The lowest BCUT2D eigenvalue weighted by Crippen LogP contribution is -2.18. The first-order valence-electron chi connectivity index (χ1n) is 20.2. The fraction of sp³-hybridized carbons (Fsp3) is 0.259. The number of ether oxygens (including phenoxy) is 1. The minimum Gasteiger partial charge on any atom is -0.457 e. The Hall–Kier alpha value is -6.20. The normalized spacial score (nSPS) is 11.2. The maximum Gasteiger partial charge on any atom is 0.194 e. The van der Waals surface area contributed by atoms with Gasteiger partial charge in [-0.05, 0) is 166 Å². The molecule has 0 aliphatic rings.